The van der Waals surface area contributed by atoms with Gasteiger partial charge in [0.1, 0.15) is 17.5 Å². The van der Waals surface area contributed by atoms with Gasteiger partial charge in [-0.05, 0) is 35.2 Å². The van der Waals surface area contributed by atoms with E-state index in [0.29, 0.717) is 16.7 Å². The fourth-order valence-corrected chi connectivity index (χ4v) is 5.63. The maximum atomic E-state index is 12.6. The van der Waals surface area contributed by atoms with E-state index in [0.717, 1.165) is 0 Å². The van der Waals surface area contributed by atoms with E-state index in [9.17, 15) is 21.6 Å². The molecule has 10 heteroatoms. The van der Waals surface area contributed by atoms with Crippen molar-refractivity contribution in [3.05, 3.63) is 102 Å². The molecule has 0 aliphatic rings. The van der Waals surface area contributed by atoms with Crippen LogP contribution < -0.4 is 8.91 Å². The van der Waals surface area contributed by atoms with E-state index < -0.39 is 32.2 Å². The number of ether oxygens (including phenoxy) is 1. The molecule has 0 fully saturated rings. The van der Waals surface area contributed by atoms with Crippen molar-refractivity contribution in [1.29, 1.82) is 0 Å². The SMILES string of the molecule is COC(=O)[C@H](Cc1ccc(OS(=O)(=O)Cc2ccccc2)cc1)NS(=O)(=O)Cc1ccccc1. The number of methoxy groups -OCH3 is 1. The Balaban J connectivity index is 1.66. The topological polar surface area (TPSA) is 116 Å². The first-order valence-corrected chi connectivity index (χ1v) is 13.6. The second-order valence-electron chi connectivity index (χ2n) is 7.56. The third-order valence-electron chi connectivity index (χ3n) is 4.78. The molecule has 8 nitrogen and oxygen atoms in total. The standard InChI is InChI=1S/C24H25NO7S2/c1-31-24(26)23(25-33(27,28)17-20-8-4-2-5-9-20)16-19-12-14-22(15-13-19)32-34(29,30)18-21-10-6-3-7-11-21/h2-15,23,25H,16-18H2,1H3/t23-/m0/s1. The van der Waals surface area contributed by atoms with Crippen LogP contribution in [0.5, 0.6) is 5.75 Å². The maximum absolute atomic E-state index is 12.6. The van der Waals surface area contributed by atoms with Crippen LogP contribution in [0.15, 0.2) is 84.9 Å². The van der Waals surface area contributed by atoms with E-state index in [2.05, 4.69) is 4.72 Å². The highest BCUT2D eigenvalue weighted by molar-refractivity contribution is 7.88. The second-order valence-corrected chi connectivity index (χ2v) is 10.9. The van der Waals surface area contributed by atoms with Gasteiger partial charge in [-0.3, -0.25) is 4.79 Å². The number of rotatable bonds is 11. The minimum atomic E-state index is -3.86. The van der Waals surface area contributed by atoms with Gasteiger partial charge in [0.25, 0.3) is 0 Å². The fraction of sp³-hybridized carbons (Fsp3) is 0.208. The van der Waals surface area contributed by atoms with Crippen molar-refractivity contribution in [2.75, 3.05) is 7.11 Å². The number of hydrogen-bond acceptors (Lipinski definition) is 7. The van der Waals surface area contributed by atoms with Crippen LogP contribution in [-0.2, 0) is 47.6 Å². The van der Waals surface area contributed by atoms with Gasteiger partial charge in [-0.15, -0.1) is 0 Å². The normalized spacial score (nSPS) is 12.6. The van der Waals surface area contributed by atoms with Crippen molar-refractivity contribution in [2.24, 2.45) is 0 Å². The first kappa shape index (κ1) is 25.4. The molecule has 0 spiro atoms. The summed E-state index contributed by atoms with van der Waals surface area (Å²) in [5.41, 5.74) is 1.77. The Morgan fingerprint density at radius 3 is 1.82 bits per heavy atom. The van der Waals surface area contributed by atoms with Gasteiger partial charge in [0, 0.05) is 0 Å². The zero-order valence-corrected chi connectivity index (χ0v) is 20.1. The summed E-state index contributed by atoms with van der Waals surface area (Å²) in [6.07, 6.45) is 0.0116. The predicted molar refractivity (Wildman–Crippen MR) is 128 cm³/mol. The number of carbonyl (C=O) groups excluding carboxylic acids is 1. The summed E-state index contributed by atoms with van der Waals surface area (Å²) >= 11 is 0. The molecule has 0 aliphatic carbocycles. The van der Waals surface area contributed by atoms with Crippen molar-refractivity contribution >= 4 is 26.1 Å². The zero-order valence-electron chi connectivity index (χ0n) is 18.5. The van der Waals surface area contributed by atoms with Gasteiger partial charge >= 0.3 is 16.1 Å². The lowest BCUT2D eigenvalue weighted by Gasteiger charge is -2.17. The molecular formula is C24H25NO7S2. The molecule has 0 radical (unpaired) electrons. The number of carbonyl (C=O) groups is 1. The first-order chi connectivity index (χ1) is 16.2. The summed E-state index contributed by atoms with van der Waals surface area (Å²) in [5.74, 6) is -1.18. The maximum Gasteiger partial charge on any atom is 0.324 e. The van der Waals surface area contributed by atoms with Gasteiger partial charge in [0.15, 0.2) is 0 Å². The van der Waals surface area contributed by atoms with E-state index in [1.165, 1.54) is 19.2 Å². The largest absolute Gasteiger partial charge is 0.468 e. The molecular weight excluding hydrogens is 478 g/mol. The Kier molecular flexibility index (Phi) is 8.43. The summed E-state index contributed by atoms with van der Waals surface area (Å²) in [5, 5.41) is 0. The lowest BCUT2D eigenvalue weighted by atomic mass is 10.1. The van der Waals surface area contributed by atoms with E-state index in [4.69, 9.17) is 8.92 Å². The fourth-order valence-electron chi connectivity index (χ4n) is 3.24. The van der Waals surface area contributed by atoms with Crippen LogP contribution in [0, 0.1) is 0 Å². The van der Waals surface area contributed by atoms with Crippen molar-refractivity contribution in [3.8, 4) is 5.75 Å². The average Bonchev–Trinajstić information content (AvgIpc) is 2.79. The van der Waals surface area contributed by atoms with Gasteiger partial charge in [-0.2, -0.15) is 8.42 Å². The van der Waals surface area contributed by atoms with Crippen LogP contribution in [0.3, 0.4) is 0 Å². The van der Waals surface area contributed by atoms with Gasteiger partial charge in [0.05, 0.1) is 12.9 Å². The quantitative estimate of drug-likeness (QED) is 0.316. The number of esters is 1. The minimum absolute atomic E-state index is 0.0116. The second kappa shape index (κ2) is 11.3. The highest BCUT2D eigenvalue weighted by Gasteiger charge is 2.26. The Hall–Kier alpha value is -3.21. The number of nitrogens with one attached hydrogen (secondary N) is 1. The summed E-state index contributed by atoms with van der Waals surface area (Å²) in [7, 11) is -6.51. The third-order valence-corrected chi connectivity index (χ3v) is 7.27. The predicted octanol–water partition coefficient (Wildman–Crippen LogP) is 2.80. The van der Waals surface area contributed by atoms with E-state index in [-0.39, 0.29) is 23.7 Å². The lowest BCUT2D eigenvalue weighted by molar-refractivity contribution is -0.142. The van der Waals surface area contributed by atoms with Gasteiger partial charge < -0.3 is 8.92 Å². The van der Waals surface area contributed by atoms with Gasteiger partial charge in [0.2, 0.25) is 10.0 Å². The van der Waals surface area contributed by atoms with Crippen LogP contribution in [0.25, 0.3) is 0 Å². The van der Waals surface area contributed by atoms with E-state index >= 15 is 0 Å². The molecule has 3 aromatic carbocycles. The Morgan fingerprint density at radius 1 is 0.765 bits per heavy atom. The third kappa shape index (κ3) is 7.98. The van der Waals surface area contributed by atoms with E-state index in [1.54, 1.807) is 72.8 Å². The highest BCUT2D eigenvalue weighted by atomic mass is 32.2. The lowest BCUT2D eigenvalue weighted by Crippen LogP contribution is -2.43. The molecule has 180 valence electrons. The average molecular weight is 504 g/mol. The molecule has 0 saturated heterocycles. The molecule has 0 saturated carbocycles. The van der Waals surface area contributed by atoms with Crippen molar-refractivity contribution in [2.45, 2.75) is 24.0 Å². The molecule has 0 aromatic heterocycles. The smallest absolute Gasteiger partial charge is 0.324 e. The Bertz CT molecular complexity index is 1290. The zero-order chi connectivity index (χ0) is 24.6. The molecule has 0 amide bonds. The molecule has 0 aliphatic heterocycles. The number of sulfonamides is 1. The summed E-state index contributed by atoms with van der Waals surface area (Å²) < 4.78 is 62.1. The Morgan fingerprint density at radius 2 is 1.29 bits per heavy atom. The van der Waals surface area contributed by atoms with Crippen LogP contribution in [0.4, 0.5) is 0 Å². The van der Waals surface area contributed by atoms with Crippen molar-refractivity contribution < 1.29 is 30.6 Å². The van der Waals surface area contributed by atoms with Crippen molar-refractivity contribution in [3.63, 3.8) is 0 Å². The molecule has 1 N–H and O–H groups in total. The van der Waals surface area contributed by atoms with Crippen molar-refractivity contribution in [1.82, 2.24) is 4.72 Å². The van der Waals surface area contributed by atoms with Crippen LogP contribution in [0.1, 0.15) is 16.7 Å². The number of hydrogen-bond donors (Lipinski definition) is 1. The molecule has 34 heavy (non-hydrogen) atoms. The summed E-state index contributed by atoms with van der Waals surface area (Å²) in [6, 6.07) is 22.1. The molecule has 3 aromatic rings. The van der Waals surface area contributed by atoms with Gasteiger partial charge in [-0.25, -0.2) is 13.1 Å². The minimum Gasteiger partial charge on any atom is -0.468 e. The van der Waals surface area contributed by atoms with E-state index in [1.807, 2.05) is 0 Å². The molecule has 0 bridgehead atoms. The van der Waals surface area contributed by atoms with Crippen LogP contribution >= 0.6 is 0 Å². The molecule has 3 rings (SSSR count). The first-order valence-electron chi connectivity index (χ1n) is 10.3. The summed E-state index contributed by atoms with van der Waals surface area (Å²) in [4.78, 5) is 12.2. The Labute approximate surface area is 199 Å². The number of benzene rings is 3. The van der Waals surface area contributed by atoms with Crippen LogP contribution in [-0.4, -0.2) is 36.0 Å². The van der Waals surface area contributed by atoms with Crippen LogP contribution in [0.2, 0.25) is 0 Å². The molecule has 0 unspecified atom stereocenters. The van der Waals surface area contributed by atoms with Gasteiger partial charge in [-0.1, -0.05) is 72.8 Å². The molecule has 0 heterocycles. The summed E-state index contributed by atoms with van der Waals surface area (Å²) in [6.45, 7) is 0. The molecule has 1 atom stereocenters. The highest BCUT2D eigenvalue weighted by Crippen LogP contribution is 2.18. The monoisotopic (exact) mass is 503 g/mol.